The van der Waals surface area contributed by atoms with Crippen LogP contribution < -0.4 is 11.1 Å². The summed E-state index contributed by atoms with van der Waals surface area (Å²) >= 11 is 0. The Labute approximate surface area is 141 Å². The highest BCUT2D eigenvalue weighted by atomic mass is 16.5. The molecular formula is C16H24N6O2. The highest BCUT2D eigenvalue weighted by Crippen LogP contribution is 2.16. The Bertz CT molecular complexity index is 708. The molecule has 130 valence electrons. The van der Waals surface area contributed by atoms with E-state index in [1.165, 1.54) is 0 Å². The largest absolute Gasteiger partial charge is 0.379 e. The fourth-order valence-electron chi connectivity index (χ4n) is 2.90. The number of anilines is 1. The van der Waals surface area contributed by atoms with Crippen LogP contribution in [0.5, 0.6) is 0 Å². The first kappa shape index (κ1) is 16.7. The molecule has 8 heteroatoms. The molecule has 0 radical (unpaired) electrons. The Hall–Kier alpha value is -2.19. The molecule has 3 N–H and O–H groups in total. The molecule has 1 amide bonds. The minimum Gasteiger partial charge on any atom is -0.379 e. The summed E-state index contributed by atoms with van der Waals surface area (Å²) in [5.41, 5.74) is 7.72. The molecule has 24 heavy (non-hydrogen) atoms. The monoisotopic (exact) mass is 332 g/mol. The standard InChI is InChI=1S/C16H24N6O2/c1-2-22-14-13(20-16(22)17)10-12(11-19-14)15(23)18-4-3-5-21-6-8-24-9-7-21/h10-11H,2-9H2,1H3,(H2,17,20)(H,18,23). The van der Waals surface area contributed by atoms with Gasteiger partial charge in [0, 0.05) is 32.4 Å². The Morgan fingerprint density at radius 1 is 1.42 bits per heavy atom. The van der Waals surface area contributed by atoms with Gasteiger partial charge in [-0.15, -0.1) is 0 Å². The molecule has 0 unspecified atom stereocenters. The lowest BCUT2D eigenvalue weighted by molar-refractivity contribution is 0.0374. The fourth-order valence-corrected chi connectivity index (χ4v) is 2.90. The molecule has 1 saturated heterocycles. The van der Waals surface area contributed by atoms with Crippen LogP contribution in [0.3, 0.4) is 0 Å². The van der Waals surface area contributed by atoms with Crippen molar-refractivity contribution in [3.8, 4) is 0 Å². The molecule has 0 aliphatic carbocycles. The predicted molar refractivity (Wildman–Crippen MR) is 91.8 cm³/mol. The molecule has 3 heterocycles. The summed E-state index contributed by atoms with van der Waals surface area (Å²) in [6, 6.07) is 1.74. The summed E-state index contributed by atoms with van der Waals surface area (Å²) < 4.78 is 7.14. The van der Waals surface area contributed by atoms with Crippen LogP contribution in [0.25, 0.3) is 11.2 Å². The third kappa shape index (κ3) is 3.65. The van der Waals surface area contributed by atoms with Crippen LogP contribution in [0.15, 0.2) is 12.3 Å². The van der Waals surface area contributed by atoms with Crippen LogP contribution in [0.4, 0.5) is 5.95 Å². The first-order valence-electron chi connectivity index (χ1n) is 8.39. The number of nitrogens with two attached hydrogens (primary N) is 1. The number of imidazole rings is 1. The van der Waals surface area contributed by atoms with Gasteiger partial charge in [-0.3, -0.25) is 14.3 Å². The Morgan fingerprint density at radius 3 is 2.96 bits per heavy atom. The van der Waals surface area contributed by atoms with Crippen molar-refractivity contribution in [2.75, 3.05) is 45.1 Å². The van der Waals surface area contributed by atoms with Crippen molar-refractivity contribution in [3.05, 3.63) is 17.8 Å². The number of carbonyl (C=O) groups is 1. The third-order valence-corrected chi connectivity index (χ3v) is 4.23. The van der Waals surface area contributed by atoms with Crippen molar-refractivity contribution < 1.29 is 9.53 Å². The molecule has 0 saturated carbocycles. The number of nitrogen functional groups attached to an aromatic ring is 1. The van der Waals surface area contributed by atoms with Gasteiger partial charge in [-0.2, -0.15) is 0 Å². The minimum absolute atomic E-state index is 0.129. The van der Waals surface area contributed by atoms with Gasteiger partial charge >= 0.3 is 0 Å². The Balaban J connectivity index is 1.54. The fraction of sp³-hybridized carbons (Fsp3) is 0.562. The lowest BCUT2D eigenvalue weighted by atomic mass is 10.2. The SMILES string of the molecule is CCn1c(N)nc2cc(C(=O)NCCCN3CCOCC3)cnc21. The molecule has 0 atom stereocenters. The van der Waals surface area contributed by atoms with Crippen molar-refractivity contribution >= 4 is 23.0 Å². The zero-order valence-electron chi connectivity index (χ0n) is 14.0. The lowest BCUT2D eigenvalue weighted by Crippen LogP contribution is -2.38. The number of aromatic nitrogens is 3. The summed E-state index contributed by atoms with van der Waals surface area (Å²) in [5.74, 6) is 0.291. The minimum atomic E-state index is -0.129. The van der Waals surface area contributed by atoms with E-state index in [9.17, 15) is 4.79 Å². The summed E-state index contributed by atoms with van der Waals surface area (Å²) in [4.78, 5) is 23.2. The zero-order chi connectivity index (χ0) is 16.9. The molecule has 1 aliphatic heterocycles. The number of ether oxygens (including phenoxy) is 1. The average molecular weight is 332 g/mol. The molecule has 0 aromatic carbocycles. The van der Waals surface area contributed by atoms with Crippen molar-refractivity contribution in [1.29, 1.82) is 0 Å². The van der Waals surface area contributed by atoms with Crippen molar-refractivity contribution in [1.82, 2.24) is 24.8 Å². The molecule has 2 aromatic rings. The van der Waals surface area contributed by atoms with E-state index >= 15 is 0 Å². The second kappa shape index (κ2) is 7.59. The number of amides is 1. The topological polar surface area (TPSA) is 98.3 Å². The second-order valence-corrected chi connectivity index (χ2v) is 5.84. The molecule has 0 spiro atoms. The van der Waals surface area contributed by atoms with E-state index in [1.807, 2.05) is 11.5 Å². The van der Waals surface area contributed by atoms with Gasteiger partial charge in [-0.25, -0.2) is 9.97 Å². The summed E-state index contributed by atoms with van der Waals surface area (Å²) in [7, 11) is 0. The van der Waals surface area contributed by atoms with Gasteiger partial charge in [0.2, 0.25) is 5.95 Å². The highest BCUT2D eigenvalue weighted by molar-refractivity contribution is 5.96. The smallest absolute Gasteiger partial charge is 0.252 e. The number of carbonyl (C=O) groups excluding carboxylic acids is 1. The normalized spacial score (nSPS) is 15.7. The predicted octanol–water partition coefficient (Wildman–Crippen LogP) is 0.486. The van der Waals surface area contributed by atoms with E-state index in [4.69, 9.17) is 10.5 Å². The van der Waals surface area contributed by atoms with Gasteiger partial charge in [0.05, 0.1) is 18.8 Å². The molecule has 2 aromatic heterocycles. The number of rotatable bonds is 6. The number of fused-ring (bicyclic) bond motifs is 1. The first-order chi connectivity index (χ1) is 11.7. The molecule has 3 rings (SSSR count). The number of hydrogen-bond acceptors (Lipinski definition) is 6. The number of aryl methyl sites for hydroxylation is 1. The number of pyridine rings is 1. The van der Waals surface area contributed by atoms with Gasteiger partial charge in [-0.1, -0.05) is 0 Å². The summed E-state index contributed by atoms with van der Waals surface area (Å²) in [6.07, 6.45) is 2.49. The van der Waals surface area contributed by atoms with Gasteiger partial charge in [0.1, 0.15) is 5.52 Å². The summed E-state index contributed by atoms with van der Waals surface area (Å²) in [6.45, 7) is 7.82. The van der Waals surface area contributed by atoms with Crippen molar-refractivity contribution in [2.24, 2.45) is 0 Å². The Morgan fingerprint density at radius 2 is 2.21 bits per heavy atom. The Kier molecular flexibility index (Phi) is 5.27. The molecule has 1 aliphatic rings. The second-order valence-electron chi connectivity index (χ2n) is 5.84. The van der Waals surface area contributed by atoms with Crippen LogP contribution in [0.1, 0.15) is 23.7 Å². The van der Waals surface area contributed by atoms with Gasteiger partial charge in [0.25, 0.3) is 5.91 Å². The number of hydrogen-bond donors (Lipinski definition) is 2. The summed E-state index contributed by atoms with van der Waals surface area (Å²) in [5, 5.41) is 2.94. The first-order valence-corrected chi connectivity index (χ1v) is 8.39. The van der Waals surface area contributed by atoms with Crippen molar-refractivity contribution in [3.63, 3.8) is 0 Å². The number of morpholine rings is 1. The van der Waals surface area contributed by atoms with E-state index < -0.39 is 0 Å². The molecular weight excluding hydrogens is 308 g/mol. The number of nitrogens with one attached hydrogen (secondary N) is 1. The van der Waals surface area contributed by atoms with E-state index in [1.54, 1.807) is 12.3 Å². The van der Waals surface area contributed by atoms with E-state index in [-0.39, 0.29) is 5.91 Å². The maximum atomic E-state index is 12.3. The van der Waals surface area contributed by atoms with Crippen molar-refractivity contribution in [2.45, 2.75) is 19.9 Å². The van der Waals surface area contributed by atoms with Crippen LogP contribution in [-0.4, -0.2) is 64.7 Å². The quantitative estimate of drug-likeness (QED) is 0.747. The highest BCUT2D eigenvalue weighted by Gasteiger charge is 2.13. The lowest BCUT2D eigenvalue weighted by Gasteiger charge is -2.26. The van der Waals surface area contributed by atoms with Gasteiger partial charge < -0.3 is 15.8 Å². The van der Waals surface area contributed by atoms with Crippen LogP contribution in [0, 0.1) is 0 Å². The molecule has 8 nitrogen and oxygen atoms in total. The van der Waals surface area contributed by atoms with E-state index in [0.29, 0.717) is 35.8 Å². The van der Waals surface area contributed by atoms with Gasteiger partial charge in [0.15, 0.2) is 5.65 Å². The van der Waals surface area contributed by atoms with Crippen LogP contribution >= 0.6 is 0 Å². The van der Waals surface area contributed by atoms with Gasteiger partial charge in [-0.05, 0) is 26.0 Å². The maximum absolute atomic E-state index is 12.3. The average Bonchev–Trinajstić information content (AvgIpc) is 2.93. The number of nitrogens with zero attached hydrogens (tertiary/aromatic N) is 4. The molecule has 1 fully saturated rings. The maximum Gasteiger partial charge on any atom is 0.252 e. The zero-order valence-corrected chi connectivity index (χ0v) is 14.0. The van der Waals surface area contributed by atoms with E-state index in [2.05, 4.69) is 20.2 Å². The molecule has 0 bridgehead atoms. The van der Waals surface area contributed by atoms with E-state index in [0.717, 1.165) is 39.3 Å². The van der Waals surface area contributed by atoms with Crippen LogP contribution in [-0.2, 0) is 11.3 Å². The third-order valence-electron chi connectivity index (χ3n) is 4.23. The van der Waals surface area contributed by atoms with Crippen LogP contribution in [0.2, 0.25) is 0 Å².